The first kappa shape index (κ1) is 13.3. The van der Waals surface area contributed by atoms with Crippen molar-refractivity contribution in [3.63, 3.8) is 0 Å². The van der Waals surface area contributed by atoms with E-state index in [4.69, 9.17) is 9.47 Å². The molecule has 2 aliphatic rings. The fraction of sp³-hybridized carbons (Fsp3) is 0.846. The number of carbonyl (C=O) groups is 2. The van der Waals surface area contributed by atoms with Crippen molar-refractivity contribution in [1.82, 2.24) is 5.32 Å². The largest absolute Gasteiger partial charge is 0.469 e. The van der Waals surface area contributed by atoms with Crippen molar-refractivity contribution in [3.8, 4) is 0 Å². The number of amides is 1. The van der Waals surface area contributed by atoms with Crippen molar-refractivity contribution in [2.24, 2.45) is 5.92 Å². The molecule has 0 radical (unpaired) electrons. The third-order valence-electron chi connectivity index (χ3n) is 3.83. The standard InChI is InChI=1S/C13H21NO4/c1-17-13(16)9-4-6-10(7-5-9)14-12(15)11-3-2-8-18-11/h9-11H,2-8H2,1H3,(H,14,15)/t9?,10?,11-/m0/s1. The molecule has 2 rings (SSSR count). The summed E-state index contributed by atoms with van der Waals surface area (Å²) in [6.45, 7) is 0.688. The number of hydrogen-bond acceptors (Lipinski definition) is 4. The van der Waals surface area contributed by atoms with Gasteiger partial charge in [0.25, 0.3) is 0 Å². The molecule has 0 aromatic rings. The quantitative estimate of drug-likeness (QED) is 0.764. The van der Waals surface area contributed by atoms with Gasteiger partial charge in [-0.05, 0) is 38.5 Å². The second-order valence-electron chi connectivity index (χ2n) is 5.08. The summed E-state index contributed by atoms with van der Waals surface area (Å²) in [7, 11) is 1.42. The van der Waals surface area contributed by atoms with Gasteiger partial charge in [0.1, 0.15) is 6.10 Å². The third kappa shape index (κ3) is 3.22. The molecule has 0 bridgehead atoms. The van der Waals surface area contributed by atoms with Gasteiger partial charge < -0.3 is 14.8 Å². The van der Waals surface area contributed by atoms with Gasteiger partial charge in [0, 0.05) is 12.6 Å². The van der Waals surface area contributed by atoms with Crippen LogP contribution in [-0.2, 0) is 19.1 Å². The maximum atomic E-state index is 11.9. The minimum Gasteiger partial charge on any atom is -0.469 e. The highest BCUT2D eigenvalue weighted by molar-refractivity contribution is 5.81. The molecule has 1 N–H and O–H groups in total. The molecule has 1 saturated carbocycles. The number of rotatable bonds is 3. The van der Waals surface area contributed by atoms with Gasteiger partial charge in [0.2, 0.25) is 5.91 Å². The van der Waals surface area contributed by atoms with Crippen molar-refractivity contribution in [1.29, 1.82) is 0 Å². The number of carbonyl (C=O) groups excluding carboxylic acids is 2. The average Bonchev–Trinajstić information content (AvgIpc) is 2.92. The highest BCUT2D eigenvalue weighted by Crippen LogP contribution is 2.25. The molecule has 1 saturated heterocycles. The van der Waals surface area contributed by atoms with E-state index < -0.39 is 0 Å². The summed E-state index contributed by atoms with van der Waals surface area (Å²) in [6.07, 6.45) is 4.81. The number of methoxy groups -OCH3 is 1. The van der Waals surface area contributed by atoms with Gasteiger partial charge >= 0.3 is 5.97 Å². The van der Waals surface area contributed by atoms with E-state index in [0.29, 0.717) is 6.61 Å². The molecule has 1 amide bonds. The molecular formula is C13H21NO4. The zero-order chi connectivity index (χ0) is 13.0. The molecule has 0 unspecified atom stereocenters. The predicted octanol–water partition coefficient (Wildman–Crippen LogP) is 1.01. The average molecular weight is 255 g/mol. The van der Waals surface area contributed by atoms with Gasteiger partial charge in [-0.1, -0.05) is 0 Å². The van der Waals surface area contributed by atoms with Crippen LogP contribution in [0.3, 0.4) is 0 Å². The number of ether oxygens (including phenoxy) is 2. The summed E-state index contributed by atoms with van der Waals surface area (Å²) in [4.78, 5) is 23.2. The van der Waals surface area contributed by atoms with Crippen LogP contribution in [0.2, 0.25) is 0 Å². The van der Waals surface area contributed by atoms with Crippen LogP contribution >= 0.6 is 0 Å². The molecule has 1 aliphatic heterocycles. The van der Waals surface area contributed by atoms with Crippen LogP contribution in [0.15, 0.2) is 0 Å². The first-order chi connectivity index (χ1) is 8.70. The first-order valence-corrected chi connectivity index (χ1v) is 6.70. The fourth-order valence-corrected chi connectivity index (χ4v) is 2.72. The first-order valence-electron chi connectivity index (χ1n) is 6.70. The minimum absolute atomic E-state index is 0.00545. The smallest absolute Gasteiger partial charge is 0.308 e. The van der Waals surface area contributed by atoms with Gasteiger partial charge in [-0.15, -0.1) is 0 Å². The lowest BCUT2D eigenvalue weighted by Gasteiger charge is -2.28. The van der Waals surface area contributed by atoms with E-state index in [1.807, 2.05) is 0 Å². The normalized spacial score (nSPS) is 31.9. The number of nitrogens with one attached hydrogen (secondary N) is 1. The van der Waals surface area contributed by atoms with Crippen LogP contribution in [0.1, 0.15) is 38.5 Å². The van der Waals surface area contributed by atoms with Gasteiger partial charge in [-0.25, -0.2) is 0 Å². The molecule has 2 fully saturated rings. The van der Waals surface area contributed by atoms with Crippen molar-refractivity contribution in [2.75, 3.05) is 13.7 Å². The molecule has 1 atom stereocenters. The van der Waals surface area contributed by atoms with Crippen molar-refractivity contribution < 1.29 is 19.1 Å². The lowest BCUT2D eigenvalue weighted by atomic mass is 9.86. The Balaban J connectivity index is 1.73. The van der Waals surface area contributed by atoms with Gasteiger partial charge in [0.05, 0.1) is 13.0 Å². The van der Waals surface area contributed by atoms with Crippen molar-refractivity contribution >= 4 is 11.9 Å². The van der Waals surface area contributed by atoms with Crippen LogP contribution in [0, 0.1) is 5.92 Å². The maximum Gasteiger partial charge on any atom is 0.308 e. The summed E-state index contributed by atoms with van der Waals surface area (Å²) >= 11 is 0. The number of hydrogen-bond donors (Lipinski definition) is 1. The van der Waals surface area contributed by atoms with E-state index in [9.17, 15) is 9.59 Å². The summed E-state index contributed by atoms with van der Waals surface area (Å²) in [5, 5.41) is 3.02. The van der Waals surface area contributed by atoms with Crippen LogP contribution in [0.5, 0.6) is 0 Å². The fourth-order valence-electron chi connectivity index (χ4n) is 2.72. The Morgan fingerprint density at radius 2 is 1.89 bits per heavy atom. The highest BCUT2D eigenvalue weighted by atomic mass is 16.5. The summed E-state index contributed by atoms with van der Waals surface area (Å²) in [5.74, 6) is -0.112. The topological polar surface area (TPSA) is 64.6 Å². The highest BCUT2D eigenvalue weighted by Gasteiger charge is 2.30. The Hall–Kier alpha value is -1.10. The predicted molar refractivity (Wildman–Crippen MR) is 64.9 cm³/mol. The third-order valence-corrected chi connectivity index (χ3v) is 3.83. The zero-order valence-electron chi connectivity index (χ0n) is 10.8. The Kier molecular flexibility index (Phi) is 4.58. The summed E-state index contributed by atoms with van der Waals surface area (Å²) in [5.41, 5.74) is 0. The molecular weight excluding hydrogens is 234 g/mol. The van der Waals surface area contributed by atoms with Gasteiger partial charge in [-0.2, -0.15) is 0 Å². The SMILES string of the molecule is COC(=O)C1CCC(NC(=O)[C@@H]2CCCO2)CC1. The second kappa shape index (κ2) is 6.18. The van der Waals surface area contributed by atoms with Crippen molar-refractivity contribution in [3.05, 3.63) is 0 Å². The molecule has 0 spiro atoms. The monoisotopic (exact) mass is 255 g/mol. The lowest BCUT2D eigenvalue weighted by Crippen LogP contribution is -2.43. The molecule has 1 heterocycles. The number of esters is 1. The summed E-state index contributed by atoms with van der Waals surface area (Å²) < 4.78 is 10.1. The van der Waals surface area contributed by atoms with Crippen LogP contribution in [-0.4, -0.2) is 37.7 Å². The maximum absolute atomic E-state index is 11.9. The van der Waals surface area contributed by atoms with E-state index in [-0.39, 0.29) is 29.9 Å². The lowest BCUT2D eigenvalue weighted by molar-refractivity contribution is -0.146. The summed E-state index contributed by atoms with van der Waals surface area (Å²) in [6, 6.07) is 0.183. The molecule has 1 aliphatic carbocycles. The van der Waals surface area contributed by atoms with E-state index in [1.54, 1.807) is 0 Å². The zero-order valence-corrected chi connectivity index (χ0v) is 10.8. The Labute approximate surface area is 107 Å². The van der Waals surface area contributed by atoms with Crippen molar-refractivity contribution in [2.45, 2.75) is 50.7 Å². The Morgan fingerprint density at radius 1 is 1.17 bits per heavy atom. The molecule has 5 heteroatoms. The van der Waals surface area contributed by atoms with Gasteiger partial charge in [0.15, 0.2) is 0 Å². The molecule has 18 heavy (non-hydrogen) atoms. The Bertz CT molecular complexity index is 304. The second-order valence-corrected chi connectivity index (χ2v) is 5.08. The van der Waals surface area contributed by atoms with Crippen LogP contribution in [0.4, 0.5) is 0 Å². The van der Waals surface area contributed by atoms with Crippen LogP contribution in [0.25, 0.3) is 0 Å². The Morgan fingerprint density at radius 3 is 2.44 bits per heavy atom. The van der Waals surface area contributed by atoms with Gasteiger partial charge in [-0.3, -0.25) is 9.59 Å². The molecule has 102 valence electrons. The van der Waals surface area contributed by atoms with E-state index in [1.165, 1.54) is 7.11 Å². The van der Waals surface area contributed by atoms with E-state index in [2.05, 4.69) is 5.32 Å². The van der Waals surface area contributed by atoms with E-state index in [0.717, 1.165) is 38.5 Å². The minimum atomic E-state index is -0.261. The molecule has 0 aromatic carbocycles. The van der Waals surface area contributed by atoms with Crippen LogP contribution < -0.4 is 5.32 Å². The van der Waals surface area contributed by atoms with E-state index >= 15 is 0 Å². The molecule has 5 nitrogen and oxygen atoms in total. The molecule has 0 aromatic heterocycles.